The van der Waals surface area contributed by atoms with E-state index in [1.54, 1.807) is 0 Å². The minimum atomic E-state index is -5.28. The van der Waals surface area contributed by atoms with E-state index in [0.717, 1.165) is 51.5 Å². The zero-order valence-corrected chi connectivity index (χ0v) is 28.9. The van der Waals surface area contributed by atoms with Crippen LogP contribution in [0, 0.1) is 0 Å². The van der Waals surface area contributed by atoms with Crippen LogP contribution in [-0.2, 0) is 60.0 Å². The van der Waals surface area contributed by atoms with Crippen molar-refractivity contribution in [3.8, 4) is 0 Å². The molecule has 8 N–H and O–H groups in total. The molecule has 0 atom stereocenters. The molecular weight excluding hydrogens is 664 g/mol. The Bertz CT molecular complexity index is 1240. The molecule has 1 aromatic rings. The number of amides is 2. The first kappa shape index (κ1) is 40.8. The van der Waals surface area contributed by atoms with Gasteiger partial charge in [-0.05, 0) is 59.9 Å². The molecule has 0 aliphatic heterocycles. The minimum Gasteiger partial charge on any atom is -0.341 e. The Balaban J connectivity index is 3.53. The SMILES string of the molecule is CCc1cc(CC)c(CCN(CC(P(=O)(O)O)P(=O)(O)O)C(C)=O)c(CC)c1CCN(CC(P(=O)(O)O)P(=O)(O)O)C(C)=O. The van der Waals surface area contributed by atoms with Crippen LogP contribution >= 0.6 is 30.4 Å². The number of carbonyl (C=O) groups is 2. The molecule has 1 rings (SSSR count). The van der Waals surface area contributed by atoms with Gasteiger partial charge in [0.05, 0.1) is 0 Å². The van der Waals surface area contributed by atoms with Crippen LogP contribution < -0.4 is 0 Å². The lowest BCUT2D eigenvalue weighted by Crippen LogP contribution is -2.38. The summed E-state index contributed by atoms with van der Waals surface area (Å²) in [6.07, 6.45) is 1.91. The van der Waals surface area contributed by atoms with Crippen LogP contribution in [-0.4, -0.2) is 97.7 Å². The molecule has 20 heteroatoms. The van der Waals surface area contributed by atoms with Crippen molar-refractivity contribution in [3.63, 3.8) is 0 Å². The summed E-state index contributed by atoms with van der Waals surface area (Å²) < 4.78 is 47.3. The molecule has 0 saturated carbocycles. The van der Waals surface area contributed by atoms with Crippen LogP contribution in [0.2, 0.25) is 0 Å². The number of carbonyl (C=O) groups excluding carboxylic acids is 2. The number of benzene rings is 1. The Labute approximate surface area is 256 Å². The average molecular weight is 709 g/mol. The maximum absolute atomic E-state index is 12.4. The molecule has 16 nitrogen and oxygen atoms in total. The molecule has 0 spiro atoms. The van der Waals surface area contributed by atoms with E-state index in [1.165, 1.54) is 0 Å². The van der Waals surface area contributed by atoms with E-state index in [2.05, 4.69) is 0 Å². The first-order valence-corrected chi connectivity index (χ1v) is 20.5. The summed E-state index contributed by atoms with van der Waals surface area (Å²) in [6.45, 7) is 5.90. The summed E-state index contributed by atoms with van der Waals surface area (Å²) in [5.41, 5.74) is 4.21. The summed E-state index contributed by atoms with van der Waals surface area (Å²) in [7, 11) is -21.1. The molecule has 0 fully saturated rings. The third kappa shape index (κ3) is 11.5. The largest absolute Gasteiger partial charge is 0.342 e. The highest BCUT2D eigenvalue weighted by Crippen LogP contribution is 2.60. The van der Waals surface area contributed by atoms with Crippen molar-refractivity contribution in [2.75, 3.05) is 26.2 Å². The lowest BCUT2D eigenvalue weighted by molar-refractivity contribution is -0.129. The molecular formula is C24H44N2O14P4. The van der Waals surface area contributed by atoms with Crippen LogP contribution in [0.5, 0.6) is 0 Å². The van der Waals surface area contributed by atoms with Crippen LogP contribution in [0.15, 0.2) is 6.07 Å². The van der Waals surface area contributed by atoms with Crippen molar-refractivity contribution < 1.29 is 67.0 Å². The number of rotatable bonds is 17. The van der Waals surface area contributed by atoms with Crippen molar-refractivity contribution in [2.45, 2.75) is 77.5 Å². The molecule has 0 aromatic heterocycles. The smallest absolute Gasteiger partial charge is 0.341 e. The van der Waals surface area contributed by atoms with E-state index in [-0.39, 0.29) is 25.9 Å². The van der Waals surface area contributed by atoms with Gasteiger partial charge < -0.3 is 48.9 Å². The molecule has 0 saturated heterocycles. The highest BCUT2D eigenvalue weighted by Gasteiger charge is 2.46. The fraction of sp³-hybridized carbons (Fsp3) is 0.667. The van der Waals surface area contributed by atoms with Gasteiger partial charge in [-0.25, -0.2) is 0 Å². The lowest BCUT2D eigenvalue weighted by atomic mass is 9.85. The predicted molar refractivity (Wildman–Crippen MR) is 162 cm³/mol. The van der Waals surface area contributed by atoms with Crippen LogP contribution in [0.4, 0.5) is 0 Å². The Hall–Kier alpha value is -1.24. The van der Waals surface area contributed by atoms with E-state index in [0.29, 0.717) is 19.3 Å². The molecule has 0 heterocycles. The molecule has 254 valence electrons. The number of aryl methyl sites for hydroxylation is 2. The molecule has 2 amide bonds. The fourth-order valence-electron chi connectivity index (χ4n) is 5.09. The minimum absolute atomic E-state index is 0.122. The van der Waals surface area contributed by atoms with Gasteiger partial charge in [-0.2, -0.15) is 0 Å². The van der Waals surface area contributed by atoms with Gasteiger partial charge in [0.25, 0.3) is 0 Å². The maximum Gasteiger partial charge on any atom is 0.342 e. The summed E-state index contributed by atoms with van der Waals surface area (Å²) in [6, 6.07) is 1.93. The second kappa shape index (κ2) is 16.0. The van der Waals surface area contributed by atoms with E-state index in [4.69, 9.17) is 0 Å². The fourth-order valence-corrected chi connectivity index (χ4v) is 9.87. The van der Waals surface area contributed by atoms with E-state index < -0.39 is 66.1 Å². The highest BCUT2D eigenvalue weighted by atomic mass is 31.2. The normalized spacial score (nSPS) is 13.1. The van der Waals surface area contributed by atoms with Gasteiger partial charge in [-0.3, -0.25) is 27.8 Å². The van der Waals surface area contributed by atoms with Gasteiger partial charge in [-0.15, -0.1) is 0 Å². The predicted octanol–water partition coefficient (Wildman–Crippen LogP) is 1.52. The van der Waals surface area contributed by atoms with E-state index in [1.807, 2.05) is 26.8 Å². The van der Waals surface area contributed by atoms with Gasteiger partial charge in [0.2, 0.25) is 11.8 Å². The van der Waals surface area contributed by atoms with Crippen LogP contribution in [0.3, 0.4) is 0 Å². The Morgan fingerprint density at radius 1 is 0.591 bits per heavy atom. The van der Waals surface area contributed by atoms with E-state index in [9.17, 15) is 67.0 Å². The topological polar surface area (TPSA) is 271 Å². The van der Waals surface area contributed by atoms with Crippen molar-refractivity contribution in [1.29, 1.82) is 0 Å². The number of hydrogen-bond donors (Lipinski definition) is 8. The second-order valence-electron chi connectivity index (χ2n) is 10.4. The van der Waals surface area contributed by atoms with Crippen molar-refractivity contribution in [1.82, 2.24) is 9.80 Å². The summed E-state index contributed by atoms with van der Waals surface area (Å²) in [5.74, 6) is -1.31. The van der Waals surface area contributed by atoms with Crippen LogP contribution in [0.25, 0.3) is 0 Å². The molecule has 0 radical (unpaired) electrons. The Kier molecular flexibility index (Phi) is 14.9. The van der Waals surface area contributed by atoms with Gasteiger partial charge >= 0.3 is 30.4 Å². The van der Waals surface area contributed by atoms with Crippen LogP contribution in [0.1, 0.15) is 62.4 Å². The summed E-state index contributed by atoms with van der Waals surface area (Å²) in [5, 5.41) is -4.79. The third-order valence-corrected chi connectivity index (χ3v) is 14.8. The van der Waals surface area contributed by atoms with Gasteiger partial charge in [0, 0.05) is 40.0 Å². The lowest BCUT2D eigenvalue weighted by Gasteiger charge is -2.30. The molecule has 0 aliphatic rings. The van der Waals surface area contributed by atoms with Gasteiger partial charge in [-0.1, -0.05) is 26.8 Å². The van der Waals surface area contributed by atoms with Crippen molar-refractivity contribution in [3.05, 3.63) is 33.9 Å². The maximum atomic E-state index is 12.4. The van der Waals surface area contributed by atoms with Crippen molar-refractivity contribution in [2.24, 2.45) is 0 Å². The first-order chi connectivity index (χ1) is 19.9. The van der Waals surface area contributed by atoms with Gasteiger partial charge in [0.15, 0.2) is 10.8 Å². The van der Waals surface area contributed by atoms with Crippen molar-refractivity contribution >= 4 is 42.2 Å². The Morgan fingerprint density at radius 3 is 1.09 bits per heavy atom. The molecule has 44 heavy (non-hydrogen) atoms. The molecule has 1 aromatic carbocycles. The quantitative estimate of drug-likeness (QED) is 0.107. The zero-order valence-electron chi connectivity index (χ0n) is 25.3. The average Bonchev–Trinajstić information content (AvgIpc) is 2.84. The summed E-state index contributed by atoms with van der Waals surface area (Å²) in [4.78, 5) is 103. The number of nitrogens with zero attached hydrogens (tertiary/aromatic N) is 2. The monoisotopic (exact) mass is 708 g/mol. The van der Waals surface area contributed by atoms with E-state index >= 15 is 0 Å². The summed E-state index contributed by atoms with van der Waals surface area (Å²) >= 11 is 0. The standard InChI is InChI=1S/C24H44N2O14P4/c1-6-18-13-19(7-2)22(10-12-26(17(5)28)15-24(43(35,36)37)44(38,39)40)20(8-3)21(18)9-11-25(16(4)27)14-23(41(29,30)31)42(32,33)34/h13,23-24H,6-12,14-15H2,1-5H3,(H2,29,30,31)(H2,32,33,34)(H2,35,36,37)(H2,38,39,40). The first-order valence-electron chi connectivity index (χ1n) is 13.8. The number of hydrogen-bond acceptors (Lipinski definition) is 6. The van der Waals surface area contributed by atoms with Gasteiger partial charge in [0.1, 0.15) is 0 Å². The second-order valence-corrected chi connectivity index (χ2v) is 18.5. The zero-order chi connectivity index (χ0) is 34.4. The Morgan fingerprint density at radius 2 is 0.886 bits per heavy atom. The highest BCUT2D eigenvalue weighted by molar-refractivity contribution is 7.71. The molecule has 0 aliphatic carbocycles. The third-order valence-electron chi connectivity index (χ3n) is 7.44. The molecule has 0 bridgehead atoms. The molecule has 0 unspecified atom stereocenters.